The van der Waals surface area contributed by atoms with Gasteiger partial charge in [0.25, 0.3) is 0 Å². The van der Waals surface area contributed by atoms with Gasteiger partial charge >= 0.3 is 0 Å². The van der Waals surface area contributed by atoms with Gasteiger partial charge in [-0.2, -0.15) is 0 Å². The largest absolute Gasteiger partial charge is 0.383 e. The van der Waals surface area contributed by atoms with Gasteiger partial charge in [0.05, 0.1) is 19.3 Å². The molecule has 0 aliphatic carbocycles. The smallest absolute Gasteiger partial charge is 0.242 e. The first kappa shape index (κ1) is 17.9. The Balaban J connectivity index is 0.00000220. The lowest BCUT2D eigenvalue weighted by molar-refractivity contribution is -0.147. The van der Waals surface area contributed by atoms with E-state index in [1.807, 2.05) is 37.3 Å². The van der Waals surface area contributed by atoms with Crippen molar-refractivity contribution in [3.8, 4) is 0 Å². The number of carbonyl (C=O) groups excluding carboxylic acids is 1. The molecule has 2 rings (SSSR count). The molecule has 1 fully saturated rings. The third-order valence-electron chi connectivity index (χ3n) is 3.41. The maximum absolute atomic E-state index is 12.3. The minimum absolute atomic E-state index is 0. The Bertz CT molecular complexity index is 444. The monoisotopic (exact) mass is 314 g/mol. The van der Waals surface area contributed by atoms with Crippen molar-refractivity contribution in [3.05, 3.63) is 35.9 Å². The molecule has 0 spiro atoms. The number of nitrogens with zero attached hydrogens (tertiary/aromatic N) is 1. The molecule has 0 radical (unpaired) electrons. The molecule has 1 aromatic carbocycles. The molecule has 0 saturated carbocycles. The summed E-state index contributed by atoms with van der Waals surface area (Å²) >= 11 is 0. The number of ether oxygens (including phenoxy) is 2. The van der Waals surface area contributed by atoms with Crippen molar-refractivity contribution in [2.24, 2.45) is 5.73 Å². The van der Waals surface area contributed by atoms with Crippen molar-refractivity contribution >= 4 is 18.3 Å². The van der Waals surface area contributed by atoms with E-state index < -0.39 is 6.04 Å². The Morgan fingerprint density at radius 1 is 1.43 bits per heavy atom. The van der Waals surface area contributed by atoms with Gasteiger partial charge in [-0.05, 0) is 12.5 Å². The van der Waals surface area contributed by atoms with Crippen LogP contribution in [0.4, 0.5) is 0 Å². The molecule has 0 aromatic heterocycles. The summed E-state index contributed by atoms with van der Waals surface area (Å²) in [6, 6.07) is 9.33. The van der Waals surface area contributed by atoms with Gasteiger partial charge in [-0.15, -0.1) is 12.4 Å². The Labute approximate surface area is 131 Å². The van der Waals surface area contributed by atoms with Crippen molar-refractivity contribution in [1.29, 1.82) is 0 Å². The molecule has 118 valence electrons. The van der Waals surface area contributed by atoms with Gasteiger partial charge in [0.2, 0.25) is 5.91 Å². The van der Waals surface area contributed by atoms with Crippen molar-refractivity contribution in [1.82, 2.24) is 4.90 Å². The van der Waals surface area contributed by atoms with Gasteiger partial charge in [0.1, 0.15) is 12.1 Å². The highest BCUT2D eigenvalue weighted by Crippen LogP contribution is 2.25. The summed E-state index contributed by atoms with van der Waals surface area (Å²) in [4.78, 5) is 14.0. The van der Waals surface area contributed by atoms with Gasteiger partial charge in [0, 0.05) is 13.7 Å². The lowest BCUT2D eigenvalue weighted by Gasteiger charge is -2.38. The van der Waals surface area contributed by atoms with Crippen LogP contribution in [0.1, 0.15) is 18.6 Å². The number of carbonyl (C=O) groups is 1. The molecule has 1 amide bonds. The Hall–Kier alpha value is -1.14. The third-order valence-corrected chi connectivity index (χ3v) is 3.41. The van der Waals surface area contributed by atoms with Crippen molar-refractivity contribution < 1.29 is 14.3 Å². The molecule has 3 atom stereocenters. The van der Waals surface area contributed by atoms with E-state index in [0.29, 0.717) is 13.1 Å². The Morgan fingerprint density at radius 2 is 2.10 bits per heavy atom. The maximum Gasteiger partial charge on any atom is 0.242 e. The molecule has 21 heavy (non-hydrogen) atoms. The molecular formula is C15H23ClN2O3. The van der Waals surface area contributed by atoms with E-state index in [0.717, 1.165) is 5.56 Å². The van der Waals surface area contributed by atoms with E-state index in [1.54, 1.807) is 12.0 Å². The van der Waals surface area contributed by atoms with E-state index in [1.165, 1.54) is 0 Å². The molecular weight excluding hydrogens is 292 g/mol. The standard InChI is InChI=1S/C15H22N2O3.ClH/c1-11-8-17(15(18)13(16)10-19-2)9-14(20-11)12-6-4-3-5-7-12;/h3-7,11,13-14H,8-10,16H2,1-2H3;1H. The molecule has 1 saturated heterocycles. The van der Waals surface area contributed by atoms with Gasteiger partial charge < -0.3 is 20.1 Å². The van der Waals surface area contributed by atoms with Crippen LogP contribution in [-0.4, -0.2) is 49.8 Å². The second-order valence-corrected chi connectivity index (χ2v) is 5.15. The van der Waals surface area contributed by atoms with Crippen LogP contribution in [-0.2, 0) is 14.3 Å². The summed E-state index contributed by atoms with van der Waals surface area (Å²) in [5.41, 5.74) is 6.91. The first-order valence-electron chi connectivity index (χ1n) is 6.85. The Kier molecular flexibility index (Phi) is 7.11. The predicted molar refractivity (Wildman–Crippen MR) is 83.4 cm³/mol. The molecule has 6 heteroatoms. The highest BCUT2D eigenvalue weighted by Gasteiger charge is 2.31. The SMILES string of the molecule is COCC(N)C(=O)N1CC(C)OC(c2ccccc2)C1.Cl. The van der Waals surface area contributed by atoms with Crippen LogP contribution in [0, 0.1) is 0 Å². The second-order valence-electron chi connectivity index (χ2n) is 5.15. The normalized spacial score (nSPS) is 23.3. The fraction of sp³-hybridized carbons (Fsp3) is 0.533. The molecule has 3 unspecified atom stereocenters. The lowest BCUT2D eigenvalue weighted by Crippen LogP contribution is -2.52. The average molecular weight is 315 g/mol. The molecule has 0 bridgehead atoms. The van der Waals surface area contributed by atoms with Crippen molar-refractivity contribution in [2.45, 2.75) is 25.2 Å². The zero-order valence-electron chi connectivity index (χ0n) is 12.4. The maximum atomic E-state index is 12.3. The number of rotatable bonds is 4. The first-order valence-corrected chi connectivity index (χ1v) is 6.85. The van der Waals surface area contributed by atoms with Crippen LogP contribution >= 0.6 is 12.4 Å². The van der Waals surface area contributed by atoms with E-state index in [-0.39, 0.29) is 37.1 Å². The number of hydrogen-bond acceptors (Lipinski definition) is 4. The van der Waals surface area contributed by atoms with Crippen LogP contribution in [0.25, 0.3) is 0 Å². The molecule has 1 aliphatic heterocycles. The summed E-state index contributed by atoms with van der Waals surface area (Å²) in [6.45, 7) is 3.31. The Morgan fingerprint density at radius 3 is 2.71 bits per heavy atom. The highest BCUT2D eigenvalue weighted by atomic mass is 35.5. The van der Waals surface area contributed by atoms with Crippen LogP contribution in [0.2, 0.25) is 0 Å². The first-order chi connectivity index (χ1) is 9.61. The molecule has 2 N–H and O–H groups in total. The van der Waals surface area contributed by atoms with Crippen LogP contribution in [0.5, 0.6) is 0 Å². The van der Waals surface area contributed by atoms with E-state index in [9.17, 15) is 4.79 Å². The number of methoxy groups -OCH3 is 1. The zero-order valence-corrected chi connectivity index (χ0v) is 13.2. The van der Waals surface area contributed by atoms with Gasteiger partial charge in [-0.1, -0.05) is 30.3 Å². The zero-order chi connectivity index (χ0) is 14.5. The molecule has 5 nitrogen and oxygen atoms in total. The third kappa shape index (κ3) is 4.68. The fourth-order valence-corrected chi connectivity index (χ4v) is 2.47. The summed E-state index contributed by atoms with van der Waals surface area (Å²) < 4.78 is 10.9. The van der Waals surface area contributed by atoms with Crippen LogP contribution < -0.4 is 5.73 Å². The van der Waals surface area contributed by atoms with E-state index in [4.69, 9.17) is 15.2 Å². The van der Waals surface area contributed by atoms with Gasteiger partial charge in [0.15, 0.2) is 0 Å². The molecule has 1 heterocycles. The van der Waals surface area contributed by atoms with Crippen LogP contribution in [0.15, 0.2) is 30.3 Å². The van der Waals surface area contributed by atoms with E-state index in [2.05, 4.69) is 0 Å². The lowest BCUT2D eigenvalue weighted by atomic mass is 10.1. The van der Waals surface area contributed by atoms with Gasteiger partial charge in [-0.3, -0.25) is 4.79 Å². The van der Waals surface area contributed by atoms with Crippen molar-refractivity contribution in [3.63, 3.8) is 0 Å². The number of amides is 1. The fourth-order valence-electron chi connectivity index (χ4n) is 2.47. The number of benzene rings is 1. The van der Waals surface area contributed by atoms with Crippen LogP contribution in [0.3, 0.4) is 0 Å². The highest BCUT2D eigenvalue weighted by molar-refractivity contribution is 5.85. The topological polar surface area (TPSA) is 64.8 Å². The van der Waals surface area contributed by atoms with Crippen molar-refractivity contribution in [2.75, 3.05) is 26.8 Å². The second kappa shape index (κ2) is 8.34. The number of nitrogens with two attached hydrogens (primary N) is 1. The predicted octanol–water partition coefficient (Wildman–Crippen LogP) is 1.37. The number of hydrogen-bond donors (Lipinski definition) is 1. The quantitative estimate of drug-likeness (QED) is 0.911. The van der Waals surface area contributed by atoms with E-state index >= 15 is 0 Å². The molecule has 1 aromatic rings. The average Bonchev–Trinajstić information content (AvgIpc) is 2.47. The summed E-state index contributed by atoms with van der Waals surface area (Å²) in [5.74, 6) is -0.0806. The number of morpholine rings is 1. The minimum Gasteiger partial charge on any atom is -0.383 e. The summed E-state index contributed by atoms with van der Waals surface area (Å²) in [5, 5.41) is 0. The molecule has 1 aliphatic rings. The summed E-state index contributed by atoms with van der Waals surface area (Å²) in [7, 11) is 1.54. The minimum atomic E-state index is -0.610. The number of halogens is 1. The van der Waals surface area contributed by atoms with Gasteiger partial charge in [-0.25, -0.2) is 0 Å². The summed E-state index contributed by atoms with van der Waals surface area (Å²) in [6.07, 6.45) is -0.105.